The Hall–Kier alpha value is -1.71. The van der Waals surface area contributed by atoms with Crippen LogP contribution in [0, 0.1) is 5.41 Å². The monoisotopic (exact) mass is 236 g/mol. The quantitative estimate of drug-likeness (QED) is 0.598. The standard InChI is InChI=1S/C13H16O4/c1-4-13(2,3)12(14)17-10-7-5-6-9-11(10)16-8-15-9/h5-7H,4,8H2,1-3H3. The molecular formula is C13H16O4. The molecule has 1 heterocycles. The second kappa shape index (κ2) is 4.28. The number of carbonyl (C=O) groups is 1. The number of carbonyl (C=O) groups excluding carboxylic acids is 1. The molecule has 1 aromatic carbocycles. The molecule has 0 aromatic heterocycles. The maximum atomic E-state index is 11.9. The van der Waals surface area contributed by atoms with Crippen molar-refractivity contribution in [3.8, 4) is 17.2 Å². The zero-order chi connectivity index (χ0) is 12.5. The summed E-state index contributed by atoms with van der Waals surface area (Å²) in [7, 11) is 0. The van der Waals surface area contributed by atoms with E-state index in [4.69, 9.17) is 14.2 Å². The smallest absolute Gasteiger partial charge is 0.317 e. The first-order valence-corrected chi connectivity index (χ1v) is 5.65. The van der Waals surface area contributed by atoms with Gasteiger partial charge in [0.05, 0.1) is 5.41 Å². The highest BCUT2D eigenvalue weighted by Gasteiger charge is 2.29. The maximum absolute atomic E-state index is 11.9. The molecule has 0 spiro atoms. The first kappa shape index (κ1) is 11.8. The van der Waals surface area contributed by atoms with E-state index in [2.05, 4.69) is 0 Å². The van der Waals surface area contributed by atoms with E-state index < -0.39 is 5.41 Å². The molecule has 0 radical (unpaired) electrons. The van der Waals surface area contributed by atoms with Gasteiger partial charge in [-0.25, -0.2) is 0 Å². The van der Waals surface area contributed by atoms with Crippen molar-refractivity contribution in [2.24, 2.45) is 5.41 Å². The van der Waals surface area contributed by atoms with Crippen LogP contribution in [0.15, 0.2) is 18.2 Å². The van der Waals surface area contributed by atoms with Crippen LogP contribution in [-0.4, -0.2) is 12.8 Å². The van der Waals surface area contributed by atoms with Gasteiger partial charge in [-0.2, -0.15) is 0 Å². The van der Waals surface area contributed by atoms with Crippen LogP contribution >= 0.6 is 0 Å². The number of rotatable bonds is 3. The van der Waals surface area contributed by atoms with Crippen molar-refractivity contribution in [2.45, 2.75) is 27.2 Å². The van der Waals surface area contributed by atoms with Crippen molar-refractivity contribution in [2.75, 3.05) is 6.79 Å². The predicted molar refractivity (Wildman–Crippen MR) is 62.3 cm³/mol. The SMILES string of the molecule is CCC(C)(C)C(=O)Oc1cccc2c1OCO2. The van der Waals surface area contributed by atoms with Crippen LogP contribution in [0.2, 0.25) is 0 Å². The Labute approximate surface area is 100 Å². The molecule has 1 aliphatic heterocycles. The van der Waals surface area contributed by atoms with E-state index in [0.717, 1.165) is 6.42 Å². The fourth-order valence-electron chi connectivity index (χ4n) is 1.37. The molecule has 0 atom stereocenters. The Balaban J connectivity index is 2.20. The van der Waals surface area contributed by atoms with Crippen molar-refractivity contribution < 1.29 is 19.0 Å². The second-order valence-electron chi connectivity index (χ2n) is 4.62. The fraction of sp³-hybridized carbons (Fsp3) is 0.462. The molecule has 92 valence electrons. The van der Waals surface area contributed by atoms with E-state index in [-0.39, 0.29) is 12.8 Å². The van der Waals surface area contributed by atoms with Gasteiger partial charge in [-0.3, -0.25) is 4.79 Å². The first-order valence-electron chi connectivity index (χ1n) is 5.65. The number of hydrogen-bond acceptors (Lipinski definition) is 4. The second-order valence-corrected chi connectivity index (χ2v) is 4.62. The van der Waals surface area contributed by atoms with E-state index in [1.807, 2.05) is 20.8 Å². The maximum Gasteiger partial charge on any atom is 0.317 e. The molecule has 0 unspecified atom stereocenters. The van der Waals surface area contributed by atoms with Gasteiger partial charge in [-0.15, -0.1) is 0 Å². The molecule has 4 nitrogen and oxygen atoms in total. The molecular weight excluding hydrogens is 220 g/mol. The van der Waals surface area contributed by atoms with Crippen molar-refractivity contribution >= 4 is 5.97 Å². The minimum Gasteiger partial charge on any atom is -0.453 e. The van der Waals surface area contributed by atoms with Gasteiger partial charge in [0.15, 0.2) is 11.5 Å². The van der Waals surface area contributed by atoms with E-state index in [0.29, 0.717) is 17.2 Å². The van der Waals surface area contributed by atoms with Crippen LogP contribution in [0.4, 0.5) is 0 Å². The average Bonchev–Trinajstić information content (AvgIpc) is 2.78. The minimum atomic E-state index is -0.498. The highest BCUT2D eigenvalue weighted by atomic mass is 16.7. The van der Waals surface area contributed by atoms with E-state index in [1.54, 1.807) is 18.2 Å². The lowest BCUT2D eigenvalue weighted by Gasteiger charge is -2.20. The molecule has 2 rings (SSSR count). The number of hydrogen-bond donors (Lipinski definition) is 0. The number of esters is 1. The van der Waals surface area contributed by atoms with Crippen LogP contribution in [0.5, 0.6) is 17.2 Å². The average molecular weight is 236 g/mol. The summed E-state index contributed by atoms with van der Waals surface area (Å²) in [5, 5.41) is 0. The lowest BCUT2D eigenvalue weighted by Crippen LogP contribution is -2.28. The minimum absolute atomic E-state index is 0.168. The van der Waals surface area contributed by atoms with Gasteiger partial charge in [0.2, 0.25) is 12.5 Å². The van der Waals surface area contributed by atoms with Crippen LogP contribution in [0.3, 0.4) is 0 Å². The third-order valence-electron chi connectivity index (χ3n) is 3.00. The van der Waals surface area contributed by atoms with Crippen LogP contribution < -0.4 is 14.2 Å². The topological polar surface area (TPSA) is 44.8 Å². The third kappa shape index (κ3) is 2.20. The zero-order valence-electron chi connectivity index (χ0n) is 10.3. The van der Waals surface area contributed by atoms with E-state index >= 15 is 0 Å². The molecule has 17 heavy (non-hydrogen) atoms. The van der Waals surface area contributed by atoms with Gasteiger partial charge in [-0.05, 0) is 32.4 Å². The summed E-state index contributed by atoms with van der Waals surface area (Å²) in [5.41, 5.74) is -0.498. The van der Waals surface area contributed by atoms with Crippen LogP contribution in [-0.2, 0) is 4.79 Å². The number of para-hydroxylation sites is 1. The molecule has 0 N–H and O–H groups in total. The third-order valence-corrected chi connectivity index (χ3v) is 3.00. The lowest BCUT2D eigenvalue weighted by molar-refractivity contribution is -0.144. The molecule has 1 aliphatic rings. The molecule has 0 fully saturated rings. The Morgan fingerprint density at radius 3 is 2.88 bits per heavy atom. The molecule has 0 aliphatic carbocycles. The van der Waals surface area contributed by atoms with Crippen LogP contribution in [0.1, 0.15) is 27.2 Å². The largest absolute Gasteiger partial charge is 0.453 e. The van der Waals surface area contributed by atoms with Gasteiger partial charge >= 0.3 is 5.97 Å². The van der Waals surface area contributed by atoms with Crippen molar-refractivity contribution in [3.63, 3.8) is 0 Å². The van der Waals surface area contributed by atoms with Crippen molar-refractivity contribution in [1.29, 1.82) is 0 Å². The van der Waals surface area contributed by atoms with Gasteiger partial charge in [0.25, 0.3) is 0 Å². The molecule has 1 aromatic rings. The van der Waals surface area contributed by atoms with Gasteiger partial charge in [-0.1, -0.05) is 13.0 Å². The van der Waals surface area contributed by atoms with E-state index in [9.17, 15) is 4.79 Å². The summed E-state index contributed by atoms with van der Waals surface area (Å²) in [6.07, 6.45) is 0.720. The zero-order valence-corrected chi connectivity index (χ0v) is 10.3. The summed E-state index contributed by atoms with van der Waals surface area (Å²) in [6.45, 7) is 5.84. The fourth-order valence-corrected chi connectivity index (χ4v) is 1.37. The summed E-state index contributed by atoms with van der Waals surface area (Å²) < 4.78 is 15.9. The summed E-state index contributed by atoms with van der Waals surface area (Å²) in [6, 6.07) is 5.26. The number of fused-ring (bicyclic) bond motifs is 1. The van der Waals surface area contributed by atoms with E-state index in [1.165, 1.54) is 0 Å². The molecule has 4 heteroatoms. The van der Waals surface area contributed by atoms with Gasteiger partial charge in [0.1, 0.15) is 0 Å². The molecule has 0 saturated heterocycles. The Kier molecular flexibility index (Phi) is 2.96. The number of benzene rings is 1. The normalized spacial score (nSPS) is 13.6. The van der Waals surface area contributed by atoms with Gasteiger partial charge < -0.3 is 14.2 Å². The van der Waals surface area contributed by atoms with Gasteiger partial charge in [0, 0.05) is 0 Å². The Morgan fingerprint density at radius 2 is 2.18 bits per heavy atom. The molecule has 0 saturated carbocycles. The summed E-state index contributed by atoms with van der Waals surface area (Å²) in [4.78, 5) is 11.9. The van der Waals surface area contributed by atoms with Crippen LogP contribution in [0.25, 0.3) is 0 Å². The Bertz CT molecular complexity index is 437. The van der Waals surface area contributed by atoms with Crippen molar-refractivity contribution in [3.05, 3.63) is 18.2 Å². The predicted octanol–water partition coefficient (Wildman–Crippen LogP) is 2.76. The molecule has 0 bridgehead atoms. The summed E-state index contributed by atoms with van der Waals surface area (Å²) >= 11 is 0. The first-order chi connectivity index (χ1) is 8.04. The highest BCUT2D eigenvalue weighted by Crippen LogP contribution is 2.41. The lowest BCUT2D eigenvalue weighted by atomic mass is 9.91. The number of ether oxygens (including phenoxy) is 3. The molecule has 0 amide bonds. The highest BCUT2D eigenvalue weighted by molar-refractivity contribution is 5.79. The Morgan fingerprint density at radius 1 is 1.41 bits per heavy atom. The van der Waals surface area contributed by atoms with Crippen molar-refractivity contribution in [1.82, 2.24) is 0 Å². The summed E-state index contributed by atoms with van der Waals surface area (Å²) in [5.74, 6) is 1.28.